The maximum Gasteiger partial charge on any atom is 0.300 e. The summed E-state index contributed by atoms with van der Waals surface area (Å²) < 4.78 is 25.8. The highest BCUT2D eigenvalue weighted by molar-refractivity contribution is 7.91. The third-order valence-corrected chi connectivity index (χ3v) is 6.58. The van der Waals surface area contributed by atoms with Crippen molar-refractivity contribution >= 4 is 38.6 Å². The lowest BCUT2D eigenvalue weighted by Crippen LogP contribution is -2.46. The molecule has 0 unspecified atom stereocenters. The van der Waals surface area contributed by atoms with Gasteiger partial charge < -0.3 is 4.90 Å². The molecule has 1 fully saturated rings. The van der Waals surface area contributed by atoms with Gasteiger partial charge >= 0.3 is 0 Å². The van der Waals surface area contributed by atoms with Crippen molar-refractivity contribution in [1.82, 2.24) is 9.21 Å². The molecule has 0 saturated carbocycles. The van der Waals surface area contributed by atoms with Crippen molar-refractivity contribution in [2.24, 2.45) is 0 Å². The van der Waals surface area contributed by atoms with Crippen LogP contribution in [0.15, 0.2) is 10.3 Å². The number of thiophene rings is 1. The first-order valence-corrected chi connectivity index (χ1v) is 8.08. The van der Waals surface area contributed by atoms with Crippen LogP contribution in [0.4, 0.5) is 5.69 Å². The smallest absolute Gasteiger partial charge is 0.300 e. The van der Waals surface area contributed by atoms with Gasteiger partial charge in [-0.2, -0.15) is 4.31 Å². The number of sulfonamides is 1. The highest BCUT2D eigenvalue weighted by Crippen LogP contribution is 2.37. The van der Waals surface area contributed by atoms with Gasteiger partial charge in [0, 0.05) is 32.2 Å². The summed E-state index contributed by atoms with van der Waals surface area (Å²) in [6, 6.07) is 1.03. The predicted molar refractivity (Wildman–Crippen MR) is 72.2 cm³/mol. The molecule has 1 aliphatic rings. The molecule has 1 saturated heterocycles. The van der Waals surface area contributed by atoms with Crippen LogP contribution in [0.3, 0.4) is 0 Å². The molecule has 0 amide bonds. The van der Waals surface area contributed by atoms with Gasteiger partial charge in [0.15, 0.2) is 4.34 Å². The van der Waals surface area contributed by atoms with Crippen molar-refractivity contribution in [2.45, 2.75) is 4.21 Å². The summed E-state index contributed by atoms with van der Waals surface area (Å²) in [5.41, 5.74) is -0.362. The Bertz CT molecular complexity index is 593. The van der Waals surface area contributed by atoms with Gasteiger partial charge in [-0.15, -0.1) is 11.3 Å². The zero-order valence-electron chi connectivity index (χ0n) is 10.1. The average Bonchev–Trinajstić information content (AvgIpc) is 2.72. The molecule has 0 atom stereocenters. The van der Waals surface area contributed by atoms with E-state index in [1.54, 1.807) is 0 Å². The molecule has 0 N–H and O–H groups in total. The molecule has 0 aliphatic carbocycles. The fourth-order valence-electron chi connectivity index (χ4n) is 1.75. The van der Waals surface area contributed by atoms with E-state index in [1.165, 1.54) is 4.31 Å². The second kappa shape index (κ2) is 5.33. The van der Waals surface area contributed by atoms with Crippen LogP contribution in [0, 0.1) is 10.1 Å². The Morgan fingerprint density at radius 1 is 1.37 bits per heavy atom. The Labute approximate surface area is 119 Å². The first kappa shape index (κ1) is 14.7. The van der Waals surface area contributed by atoms with Gasteiger partial charge in [0.05, 0.1) is 4.92 Å². The van der Waals surface area contributed by atoms with Crippen molar-refractivity contribution < 1.29 is 13.3 Å². The molecule has 19 heavy (non-hydrogen) atoms. The minimum Gasteiger partial charge on any atom is -0.304 e. The number of nitrogens with zero attached hydrogens (tertiary/aromatic N) is 3. The second-order valence-electron chi connectivity index (χ2n) is 4.19. The monoisotopic (exact) mass is 325 g/mol. The molecule has 10 heteroatoms. The van der Waals surface area contributed by atoms with Gasteiger partial charge in [-0.1, -0.05) is 11.6 Å². The molecule has 0 spiro atoms. The van der Waals surface area contributed by atoms with Crippen molar-refractivity contribution in [3.8, 4) is 0 Å². The number of hydrogen-bond donors (Lipinski definition) is 0. The summed E-state index contributed by atoms with van der Waals surface area (Å²) in [5.74, 6) is 0. The van der Waals surface area contributed by atoms with Crippen molar-refractivity contribution in [3.05, 3.63) is 20.5 Å². The molecular weight excluding hydrogens is 314 g/mol. The Morgan fingerprint density at radius 2 is 1.95 bits per heavy atom. The van der Waals surface area contributed by atoms with E-state index < -0.39 is 14.9 Å². The Balaban J connectivity index is 2.29. The molecule has 1 aromatic heterocycles. The van der Waals surface area contributed by atoms with Crippen LogP contribution in [0.5, 0.6) is 0 Å². The van der Waals surface area contributed by atoms with Gasteiger partial charge in [0.1, 0.15) is 4.21 Å². The van der Waals surface area contributed by atoms with E-state index in [2.05, 4.69) is 0 Å². The molecule has 106 valence electrons. The average molecular weight is 326 g/mol. The molecule has 7 nitrogen and oxygen atoms in total. The number of rotatable bonds is 3. The quantitative estimate of drug-likeness (QED) is 0.617. The molecule has 0 bridgehead atoms. The highest BCUT2D eigenvalue weighted by Gasteiger charge is 2.32. The van der Waals surface area contributed by atoms with Crippen molar-refractivity contribution in [1.29, 1.82) is 0 Å². The van der Waals surface area contributed by atoms with Crippen molar-refractivity contribution in [2.75, 3.05) is 33.2 Å². The number of nitro groups is 1. The maximum atomic E-state index is 12.3. The lowest BCUT2D eigenvalue weighted by Gasteiger charge is -2.31. The maximum absolute atomic E-state index is 12.3. The normalized spacial score (nSPS) is 18.6. The van der Waals surface area contributed by atoms with E-state index in [1.807, 2.05) is 11.9 Å². The number of piperazine rings is 1. The molecule has 2 heterocycles. The van der Waals surface area contributed by atoms with Crippen molar-refractivity contribution in [3.63, 3.8) is 0 Å². The summed E-state index contributed by atoms with van der Waals surface area (Å²) in [7, 11) is -1.77. The van der Waals surface area contributed by atoms with Gasteiger partial charge in [-0.3, -0.25) is 10.1 Å². The van der Waals surface area contributed by atoms with Crippen LogP contribution < -0.4 is 0 Å². The van der Waals surface area contributed by atoms with Crippen LogP contribution in [-0.4, -0.2) is 55.8 Å². The summed E-state index contributed by atoms with van der Waals surface area (Å²) in [4.78, 5) is 12.0. The summed E-state index contributed by atoms with van der Waals surface area (Å²) >= 11 is 6.42. The highest BCUT2D eigenvalue weighted by atomic mass is 35.5. The van der Waals surface area contributed by atoms with E-state index >= 15 is 0 Å². The van der Waals surface area contributed by atoms with Crippen LogP contribution in [0.2, 0.25) is 4.34 Å². The van der Waals surface area contributed by atoms with Crippen LogP contribution in [-0.2, 0) is 10.0 Å². The molecule has 0 radical (unpaired) electrons. The SMILES string of the molecule is CN1CCN(S(=O)(=O)c2cc([N+](=O)[O-])c(Cl)s2)CC1. The summed E-state index contributed by atoms with van der Waals surface area (Å²) in [5, 5.41) is 10.7. The minimum atomic E-state index is -3.68. The lowest BCUT2D eigenvalue weighted by atomic mass is 10.4. The van der Waals surface area contributed by atoms with Gasteiger partial charge in [0.25, 0.3) is 15.7 Å². The topological polar surface area (TPSA) is 83.8 Å². The predicted octanol–water partition coefficient (Wildman–Crippen LogP) is 1.25. The van der Waals surface area contributed by atoms with Crippen LogP contribution in [0.1, 0.15) is 0 Å². The van der Waals surface area contributed by atoms with E-state index in [-0.39, 0.29) is 14.2 Å². The number of likely N-dealkylation sites (N-methyl/N-ethyl adjacent to an activating group) is 1. The number of hydrogen-bond acceptors (Lipinski definition) is 6. The minimum absolute atomic E-state index is 0.0752. The lowest BCUT2D eigenvalue weighted by molar-refractivity contribution is -0.384. The van der Waals surface area contributed by atoms with E-state index in [0.29, 0.717) is 26.2 Å². The Kier molecular flexibility index (Phi) is 4.11. The fraction of sp³-hybridized carbons (Fsp3) is 0.556. The zero-order valence-corrected chi connectivity index (χ0v) is 12.5. The summed E-state index contributed by atoms with van der Waals surface area (Å²) in [6.45, 7) is 2.03. The largest absolute Gasteiger partial charge is 0.304 e. The molecule has 2 rings (SSSR count). The van der Waals surface area contributed by atoms with Crippen LogP contribution >= 0.6 is 22.9 Å². The molecule has 1 aromatic rings. The number of halogens is 1. The van der Waals surface area contributed by atoms with Crippen LogP contribution in [0.25, 0.3) is 0 Å². The third kappa shape index (κ3) is 2.90. The van der Waals surface area contributed by atoms with E-state index in [4.69, 9.17) is 11.6 Å². The van der Waals surface area contributed by atoms with E-state index in [9.17, 15) is 18.5 Å². The summed E-state index contributed by atoms with van der Waals surface area (Å²) in [6.07, 6.45) is 0. The van der Waals surface area contributed by atoms with Gasteiger partial charge in [0.2, 0.25) is 0 Å². The molecule has 1 aliphatic heterocycles. The first-order chi connectivity index (χ1) is 8.82. The zero-order chi connectivity index (χ0) is 14.2. The third-order valence-electron chi connectivity index (χ3n) is 2.90. The van der Waals surface area contributed by atoms with Gasteiger partial charge in [-0.25, -0.2) is 8.42 Å². The first-order valence-electron chi connectivity index (χ1n) is 5.45. The second-order valence-corrected chi connectivity index (χ2v) is 8.01. The van der Waals surface area contributed by atoms with Gasteiger partial charge in [-0.05, 0) is 7.05 Å². The Hall–Kier alpha value is -0.740. The Morgan fingerprint density at radius 3 is 2.42 bits per heavy atom. The standard InChI is InChI=1S/C9H12ClN3O4S2/c1-11-2-4-12(5-3-11)19(16,17)8-6-7(13(14)15)9(10)18-8/h6H,2-5H2,1H3. The molecular formula is C9H12ClN3O4S2. The fourth-order valence-corrected chi connectivity index (χ4v) is 4.99. The van der Waals surface area contributed by atoms with E-state index in [0.717, 1.165) is 17.4 Å². The molecule has 0 aromatic carbocycles.